The number of rotatable bonds is 5. The van der Waals surface area contributed by atoms with Crippen LogP contribution in [0.3, 0.4) is 0 Å². The molecule has 0 aromatic heterocycles. The summed E-state index contributed by atoms with van der Waals surface area (Å²) in [4.78, 5) is 0. The van der Waals surface area contributed by atoms with Gasteiger partial charge in [0.05, 0.1) is 0 Å². The highest BCUT2D eigenvalue weighted by molar-refractivity contribution is 5.30. The third-order valence-electron chi connectivity index (χ3n) is 2.25. The van der Waals surface area contributed by atoms with Gasteiger partial charge in [-0.3, -0.25) is 0 Å². The van der Waals surface area contributed by atoms with E-state index < -0.39 is 25.3 Å². The van der Waals surface area contributed by atoms with Crippen molar-refractivity contribution in [1.82, 2.24) is 0 Å². The maximum atomic E-state index is 12.0. The largest absolute Gasteiger partial charge is 0.435 e. The van der Waals surface area contributed by atoms with E-state index in [1.54, 1.807) is 0 Å². The molecule has 2 nitrogen and oxygen atoms in total. The molecule has 1 rings (SSSR count). The number of halogens is 5. The number of benzene rings is 1. The van der Waals surface area contributed by atoms with Crippen molar-refractivity contribution in [2.24, 2.45) is 5.73 Å². The summed E-state index contributed by atoms with van der Waals surface area (Å²) in [6.07, 6.45) is -5.61. The zero-order valence-electron chi connectivity index (χ0n) is 9.25. The Hall–Kier alpha value is -1.37. The van der Waals surface area contributed by atoms with Crippen molar-refractivity contribution < 1.29 is 26.7 Å². The summed E-state index contributed by atoms with van der Waals surface area (Å²) in [6.45, 7) is -2.98. The Bertz CT molecular complexity index is 380. The highest BCUT2D eigenvalue weighted by Gasteiger charge is 2.27. The summed E-state index contributed by atoms with van der Waals surface area (Å²) in [5, 5.41) is 0. The first-order chi connectivity index (χ1) is 8.28. The molecule has 0 aliphatic heterocycles. The van der Waals surface area contributed by atoms with Gasteiger partial charge in [-0.05, 0) is 24.1 Å². The Labute approximate surface area is 101 Å². The van der Waals surface area contributed by atoms with Crippen molar-refractivity contribution in [3.05, 3.63) is 29.8 Å². The molecule has 1 aromatic rings. The number of hydrogen-bond donors (Lipinski definition) is 1. The van der Waals surface area contributed by atoms with Crippen molar-refractivity contribution in [2.75, 3.05) is 0 Å². The fraction of sp³-hybridized carbons (Fsp3) is 0.455. The van der Waals surface area contributed by atoms with Gasteiger partial charge in [0, 0.05) is 12.5 Å². The fourth-order valence-corrected chi connectivity index (χ4v) is 1.41. The van der Waals surface area contributed by atoms with Gasteiger partial charge in [0.25, 0.3) is 0 Å². The lowest BCUT2D eigenvalue weighted by Gasteiger charge is -2.14. The van der Waals surface area contributed by atoms with Gasteiger partial charge < -0.3 is 10.5 Å². The monoisotopic (exact) mass is 269 g/mol. The van der Waals surface area contributed by atoms with Crippen LogP contribution in [0.4, 0.5) is 22.0 Å². The maximum Gasteiger partial charge on any atom is 0.389 e. The van der Waals surface area contributed by atoms with Gasteiger partial charge in [-0.25, -0.2) is 0 Å². The van der Waals surface area contributed by atoms with Gasteiger partial charge in [-0.1, -0.05) is 12.1 Å². The van der Waals surface area contributed by atoms with Gasteiger partial charge in [0.15, 0.2) is 0 Å². The molecule has 1 atom stereocenters. The molecule has 0 amide bonds. The minimum atomic E-state index is -4.28. The molecule has 0 bridgehead atoms. The molecule has 0 aliphatic rings. The third-order valence-corrected chi connectivity index (χ3v) is 2.25. The average Bonchev–Trinajstić information content (AvgIpc) is 2.24. The highest BCUT2D eigenvalue weighted by atomic mass is 19.4. The van der Waals surface area contributed by atoms with Crippen molar-refractivity contribution in [2.45, 2.75) is 31.7 Å². The Morgan fingerprint density at radius 3 is 2.44 bits per heavy atom. The molecule has 2 N–H and O–H groups in total. The minimum Gasteiger partial charge on any atom is -0.435 e. The molecular formula is C11H12F5NO. The van der Waals surface area contributed by atoms with Gasteiger partial charge in [0.1, 0.15) is 5.75 Å². The second-order valence-corrected chi connectivity index (χ2v) is 3.71. The first-order valence-electron chi connectivity index (χ1n) is 5.15. The molecule has 0 heterocycles. The van der Waals surface area contributed by atoms with Crippen LogP contribution >= 0.6 is 0 Å². The van der Waals surface area contributed by atoms with Crippen LogP contribution in [0.5, 0.6) is 5.75 Å². The minimum absolute atomic E-state index is 0.120. The van der Waals surface area contributed by atoms with Gasteiger partial charge in [-0.2, -0.15) is 22.0 Å². The van der Waals surface area contributed by atoms with Crippen LogP contribution in [0.1, 0.15) is 24.4 Å². The topological polar surface area (TPSA) is 35.2 Å². The fourth-order valence-electron chi connectivity index (χ4n) is 1.41. The molecular weight excluding hydrogens is 257 g/mol. The summed E-state index contributed by atoms with van der Waals surface area (Å²) >= 11 is 0. The lowest BCUT2D eigenvalue weighted by Crippen LogP contribution is -2.16. The summed E-state index contributed by atoms with van der Waals surface area (Å²) in [7, 11) is 0. The Balaban J connectivity index is 2.65. The lowest BCUT2D eigenvalue weighted by molar-refractivity contribution is -0.136. The Morgan fingerprint density at radius 1 is 1.22 bits per heavy atom. The van der Waals surface area contributed by atoms with Gasteiger partial charge in [-0.15, -0.1) is 0 Å². The SMILES string of the molecule is N[C@@H](CCC(F)(F)F)c1cccc(OC(F)F)c1. The predicted octanol–water partition coefficient (Wildman–Crippen LogP) is 3.63. The van der Waals surface area contributed by atoms with Crippen molar-refractivity contribution in [3.8, 4) is 5.75 Å². The van der Waals surface area contributed by atoms with E-state index in [0.717, 1.165) is 0 Å². The predicted molar refractivity (Wildman–Crippen MR) is 55.3 cm³/mol. The molecule has 0 radical (unpaired) electrons. The van der Waals surface area contributed by atoms with Crippen molar-refractivity contribution in [1.29, 1.82) is 0 Å². The lowest BCUT2D eigenvalue weighted by atomic mass is 10.0. The first-order valence-corrected chi connectivity index (χ1v) is 5.15. The van der Waals surface area contributed by atoms with E-state index in [4.69, 9.17) is 5.73 Å². The van der Waals surface area contributed by atoms with Crippen LogP contribution in [-0.2, 0) is 0 Å². The smallest absolute Gasteiger partial charge is 0.389 e. The summed E-state index contributed by atoms with van der Waals surface area (Å²) in [6, 6.07) is 4.51. The molecule has 0 saturated carbocycles. The van der Waals surface area contributed by atoms with E-state index in [-0.39, 0.29) is 12.2 Å². The zero-order chi connectivity index (χ0) is 13.8. The van der Waals surface area contributed by atoms with E-state index in [0.29, 0.717) is 5.56 Å². The quantitative estimate of drug-likeness (QED) is 0.828. The summed E-state index contributed by atoms with van der Waals surface area (Å²) in [5.41, 5.74) is 5.89. The average molecular weight is 269 g/mol. The molecule has 0 fully saturated rings. The zero-order valence-corrected chi connectivity index (χ0v) is 9.25. The van der Waals surface area contributed by atoms with Gasteiger partial charge >= 0.3 is 12.8 Å². The first kappa shape index (κ1) is 14.7. The highest BCUT2D eigenvalue weighted by Crippen LogP contribution is 2.27. The molecule has 0 spiro atoms. The summed E-state index contributed by atoms with van der Waals surface area (Å²) < 4.78 is 64.1. The standard InChI is InChI=1S/C11H12F5NO/c12-10(13)18-8-3-1-2-7(6-8)9(17)4-5-11(14,15)16/h1-3,6,9-10H,4-5,17H2/t9-/m0/s1. The van der Waals surface area contributed by atoms with E-state index in [9.17, 15) is 22.0 Å². The van der Waals surface area contributed by atoms with E-state index in [2.05, 4.69) is 4.74 Å². The number of nitrogens with two attached hydrogens (primary N) is 1. The number of hydrogen-bond acceptors (Lipinski definition) is 2. The Morgan fingerprint density at radius 2 is 1.89 bits per heavy atom. The van der Waals surface area contributed by atoms with Crippen LogP contribution in [-0.4, -0.2) is 12.8 Å². The van der Waals surface area contributed by atoms with Crippen LogP contribution in [0.15, 0.2) is 24.3 Å². The molecule has 18 heavy (non-hydrogen) atoms. The molecule has 7 heteroatoms. The van der Waals surface area contributed by atoms with E-state index in [1.165, 1.54) is 24.3 Å². The Kier molecular flexibility index (Phi) is 4.89. The van der Waals surface area contributed by atoms with Crippen molar-refractivity contribution >= 4 is 0 Å². The molecule has 0 aliphatic carbocycles. The summed E-state index contributed by atoms with van der Waals surface area (Å²) in [5.74, 6) is -0.120. The second-order valence-electron chi connectivity index (χ2n) is 3.71. The second kappa shape index (κ2) is 5.99. The normalized spacial score (nSPS) is 13.7. The van der Waals surface area contributed by atoms with Gasteiger partial charge in [0.2, 0.25) is 0 Å². The molecule has 0 saturated heterocycles. The van der Waals surface area contributed by atoms with Crippen LogP contribution in [0.2, 0.25) is 0 Å². The molecule has 0 unspecified atom stereocenters. The third kappa shape index (κ3) is 5.31. The maximum absolute atomic E-state index is 12.0. The van der Waals surface area contributed by atoms with Crippen molar-refractivity contribution in [3.63, 3.8) is 0 Å². The van der Waals surface area contributed by atoms with Crippen LogP contribution < -0.4 is 10.5 Å². The van der Waals surface area contributed by atoms with E-state index >= 15 is 0 Å². The van der Waals surface area contributed by atoms with Crippen LogP contribution in [0.25, 0.3) is 0 Å². The number of alkyl halides is 5. The van der Waals surface area contributed by atoms with E-state index in [1.807, 2.05) is 0 Å². The molecule has 1 aromatic carbocycles. The molecule has 102 valence electrons. The number of ether oxygens (including phenoxy) is 1. The van der Waals surface area contributed by atoms with Crippen LogP contribution in [0, 0.1) is 0 Å².